The Morgan fingerprint density at radius 2 is 2.00 bits per heavy atom. The molecule has 2 aliphatic heterocycles. The van der Waals surface area contributed by atoms with Gasteiger partial charge >= 0.3 is 13.1 Å². The predicted octanol–water partition coefficient (Wildman–Crippen LogP) is 3.59. The summed E-state index contributed by atoms with van der Waals surface area (Å²) in [5.41, 5.74) is 3.66. The Hall–Kier alpha value is -1.37. The number of likely N-dealkylation sites (tertiary alicyclic amines) is 1. The van der Waals surface area contributed by atoms with Gasteiger partial charge in [0.2, 0.25) is 0 Å². The highest BCUT2D eigenvalue weighted by Gasteiger charge is 2.45. The second-order valence-corrected chi connectivity index (χ2v) is 9.07. The predicted molar refractivity (Wildman–Crippen MR) is 117 cm³/mol. The van der Waals surface area contributed by atoms with Crippen molar-refractivity contribution in [2.24, 2.45) is 0 Å². The number of hydrogen-bond acceptors (Lipinski definition) is 4. The van der Waals surface area contributed by atoms with Crippen LogP contribution in [-0.2, 0) is 20.5 Å². The van der Waals surface area contributed by atoms with Crippen LogP contribution in [0.2, 0.25) is 0 Å². The number of carbonyl (C=O) groups is 1. The molecule has 2 heterocycles. The molecule has 2 fully saturated rings. The normalized spacial score (nSPS) is 24.0. The highest BCUT2D eigenvalue weighted by molar-refractivity contribution is 6.62. The van der Waals surface area contributed by atoms with E-state index in [1.54, 1.807) is 0 Å². The maximum Gasteiger partial charge on any atom is 0.494 e. The largest absolute Gasteiger partial charge is 0.494 e. The van der Waals surface area contributed by atoms with Crippen LogP contribution in [0.25, 0.3) is 0 Å². The molecule has 1 aromatic carbocycles. The van der Waals surface area contributed by atoms with Gasteiger partial charge in [-0.3, -0.25) is 9.69 Å². The van der Waals surface area contributed by atoms with Gasteiger partial charge in [0, 0.05) is 6.04 Å². The SMILES string of the molecule is CCc1c(B2OC(C)C(C)(C)O2)cccc1C1CCN(C(CC)CC(=O)O)CC1. The summed E-state index contributed by atoms with van der Waals surface area (Å²) in [5, 5.41) is 9.18. The molecule has 1 aromatic rings. The molecule has 5 nitrogen and oxygen atoms in total. The third-order valence-corrected chi connectivity index (χ3v) is 6.94. The Labute approximate surface area is 175 Å². The Balaban J connectivity index is 1.75. The van der Waals surface area contributed by atoms with Crippen LogP contribution in [0.1, 0.15) is 77.3 Å². The molecule has 2 aliphatic rings. The second kappa shape index (κ2) is 9.19. The number of piperidine rings is 1. The smallest absolute Gasteiger partial charge is 0.481 e. The summed E-state index contributed by atoms with van der Waals surface area (Å²) in [4.78, 5) is 13.5. The topological polar surface area (TPSA) is 59.0 Å². The van der Waals surface area contributed by atoms with Gasteiger partial charge in [0.15, 0.2) is 0 Å². The summed E-state index contributed by atoms with van der Waals surface area (Å²) in [7, 11) is -0.296. The molecule has 2 atom stereocenters. The first-order valence-corrected chi connectivity index (χ1v) is 11.2. The van der Waals surface area contributed by atoms with Crippen LogP contribution in [0.15, 0.2) is 18.2 Å². The van der Waals surface area contributed by atoms with Gasteiger partial charge in [-0.15, -0.1) is 0 Å². The maximum absolute atomic E-state index is 11.2. The van der Waals surface area contributed by atoms with Crippen molar-refractivity contribution >= 4 is 18.6 Å². The van der Waals surface area contributed by atoms with E-state index in [2.05, 4.69) is 57.7 Å². The third kappa shape index (κ3) is 4.87. The molecule has 0 saturated carbocycles. The molecule has 6 heteroatoms. The zero-order valence-electron chi connectivity index (χ0n) is 18.6. The van der Waals surface area contributed by atoms with Crippen molar-refractivity contribution in [3.63, 3.8) is 0 Å². The van der Waals surface area contributed by atoms with Crippen LogP contribution in [0.3, 0.4) is 0 Å². The van der Waals surface area contributed by atoms with E-state index in [1.165, 1.54) is 16.6 Å². The van der Waals surface area contributed by atoms with Crippen molar-refractivity contribution in [2.75, 3.05) is 13.1 Å². The molecule has 1 N–H and O–H groups in total. The average Bonchev–Trinajstić information content (AvgIpc) is 2.98. The molecule has 0 radical (unpaired) electrons. The fourth-order valence-corrected chi connectivity index (χ4v) is 4.83. The van der Waals surface area contributed by atoms with E-state index >= 15 is 0 Å². The summed E-state index contributed by atoms with van der Waals surface area (Å²) in [6, 6.07) is 6.70. The van der Waals surface area contributed by atoms with Gasteiger partial charge in [-0.1, -0.05) is 32.0 Å². The lowest BCUT2D eigenvalue weighted by Crippen LogP contribution is -2.42. The zero-order chi connectivity index (χ0) is 21.2. The molecule has 160 valence electrons. The third-order valence-electron chi connectivity index (χ3n) is 6.94. The molecule has 0 aliphatic carbocycles. The van der Waals surface area contributed by atoms with Gasteiger partial charge in [0.1, 0.15) is 0 Å². The number of nitrogens with zero attached hydrogens (tertiary/aromatic N) is 1. The average molecular weight is 401 g/mol. The summed E-state index contributed by atoms with van der Waals surface area (Å²) in [5.74, 6) is -0.191. The highest BCUT2D eigenvalue weighted by Crippen LogP contribution is 2.33. The van der Waals surface area contributed by atoms with Crippen LogP contribution in [0, 0.1) is 0 Å². The quantitative estimate of drug-likeness (QED) is 0.708. The first-order valence-electron chi connectivity index (χ1n) is 11.2. The molecule has 2 saturated heterocycles. The van der Waals surface area contributed by atoms with E-state index in [9.17, 15) is 9.90 Å². The van der Waals surface area contributed by atoms with Crippen LogP contribution >= 0.6 is 0 Å². The van der Waals surface area contributed by atoms with E-state index in [1.807, 2.05) is 0 Å². The summed E-state index contributed by atoms with van der Waals surface area (Å²) < 4.78 is 12.4. The van der Waals surface area contributed by atoms with E-state index in [0.29, 0.717) is 5.92 Å². The minimum absolute atomic E-state index is 0.0595. The molecule has 0 amide bonds. The maximum atomic E-state index is 11.2. The van der Waals surface area contributed by atoms with Gasteiger partial charge in [0.05, 0.1) is 18.1 Å². The molecular weight excluding hydrogens is 365 g/mol. The van der Waals surface area contributed by atoms with Crippen LogP contribution in [0.5, 0.6) is 0 Å². The Bertz CT molecular complexity index is 715. The van der Waals surface area contributed by atoms with E-state index in [0.717, 1.165) is 38.8 Å². The summed E-state index contributed by atoms with van der Waals surface area (Å²) in [6.07, 6.45) is 4.28. The van der Waals surface area contributed by atoms with Crippen LogP contribution in [0.4, 0.5) is 0 Å². The van der Waals surface area contributed by atoms with Gasteiger partial charge in [0.25, 0.3) is 0 Å². The van der Waals surface area contributed by atoms with Crippen molar-refractivity contribution < 1.29 is 19.2 Å². The molecular formula is C23H36BNO4. The lowest BCUT2D eigenvalue weighted by atomic mass is 9.71. The number of carboxylic acid groups (broad SMARTS) is 1. The molecule has 2 unspecified atom stereocenters. The molecule has 0 bridgehead atoms. The number of hydrogen-bond donors (Lipinski definition) is 1. The molecule has 0 aromatic heterocycles. The van der Waals surface area contributed by atoms with E-state index in [4.69, 9.17) is 9.31 Å². The molecule has 0 spiro atoms. The summed E-state index contributed by atoms with van der Waals surface area (Å²) >= 11 is 0. The van der Waals surface area contributed by atoms with Gasteiger partial charge < -0.3 is 14.4 Å². The zero-order valence-corrected chi connectivity index (χ0v) is 18.6. The van der Waals surface area contributed by atoms with Crippen molar-refractivity contribution in [1.29, 1.82) is 0 Å². The number of rotatable bonds is 7. The van der Waals surface area contributed by atoms with Crippen LogP contribution < -0.4 is 5.46 Å². The fourth-order valence-electron chi connectivity index (χ4n) is 4.83. The first-order chi connectivity index (χ1) is 13.8. The Kier molecular flexibility index (Phi) is 7.08. The number of benzene rings is 1. The van der Waals surface area contributed by atoms with Crippen molar-refractivity contribution in [1.82, 2.24) is 4.90 Å². The summed E-state index contributed by atoms with van der Waals surface area (Å²) in [6.45, 7) is 12.5. The van der Waals surface area contributed by atoms with Gasteiger partial charge in [-0.05, 0) is 82.1 Å². The first kappa shape index (κ1) is 22.3. The molecule has 29 heavy (non-hydrogen) atoms. The second-order valence-electron chi connectivity index (χ2n) is 9.07. The number of aliphatic carboxylic acids is 1. The van der Waals surface area contributed by atoms with Gasteiger partial charge in [-0.25, -0.2) is 0 Å². The highest BCUT2D eigenvalue weighted by atomic mass is 16.7. The van der Waals surface area contributed by atoms with Crippen LogP contribution in [-0.4, -0.2) is 53.9 Å². The minimum Gasteiger partial charge on any atom is -0.481 e. The van der Waals surface area contributed by atoms with Crippen molar-refractivity contribution in [3.05, 3.63) is 29.3 Å². The standard InChI is InChI=1S/C23H36BNO4/c1-6-18(15-22(26)27)25-13-11-17(12-14-25)20-9-8-10-21(19(20)7-2)24-28-16(3)23(4,5)29-24/h8-10,16-18H,6-7,11-15H2,1-5H3,(H,26,27). The Morgan fingerprint density at radius 3 is 2.52 bits per heavy atom. The molecule has 3 rings (SSSR count). The fraction of sp³-hybridized carbons (Fsp3) is 0.696. The monoisotopic (exact) mass is 401 g/mol. The number of carboxylic acids is 1. The minimum atomic E-state index is -0.700. The lowest BCUT2D eigenvalue weighted by molar-refractivity contribution is -0.138. The van der Waals surface area contributed by atoms with Crippen molar-refractivity contribution in [2.45, 2.75) is 90.4 Å². The van der Waals surface area contributed by atoms with Gasteiger partial charge in [-0.2, -0.15) is 0 Å². The lowest BCUT2D eigenvalue weighted by Gasteiger charge is -2.37. The van der Waals surface area contributed by atoms with E-state index in [-0.39, 0.29) is 31.3 Å². The van der Waals surface area contributed by atoms with Crippen molar-refractivity contribution in [3.8, 4) is 0 Å². The van der Waals surface area contributed by atoms with E-state index < -0.39 is 5.97 Å². The Morgan fingerprint density at radius 1 is 1.31 bits per heavy atom.